The van der Waals surface area contributed by atoms with Crippen LogP contribution in [0.3, 0.4) is 0 Å². The summed E-state index contributed by atoms with van der Waals surface area (Å²) in [6.45, 7) is 3.83. The number of anilines is 1. The molecule has 0 saturated heterocycles. The fourth-order valence-electron chi connectivity index (χ4n) is 1.90. The molecule has 4 nitrogen and oxygen atoms in total. The number of hydrogen-bond donors (Lipinski definition) is 1. The summed E-state index contributed by atoms with van der Waals surface area (Å²) in [4.78, 5) is 13.1. The lowest BCUT2D eigenvalue weighted by atomic mass is 10.3. The molecule has 0 atom stereocenters. The van der Waals surface area contributed by atoms with E-state index in [1.54, 1.807) is 16.4 Å². The topological polar surface area (TPSA) is 46.9 Å². The molecule has 0 radical (unpaired) electrons. The van der Waals surface area contributed by atoms with Crippen molar-refractivity contribution < 1.29 is 4.79 Å². The number of rotatable bonds is 4. The molecule has 1 aromatic heterocycles. The lowest BCUT2D eigenvalue weighted by Gasteiger charge is -2.10. The van der Waals surface area contributed by atoms with Crippen molar-refractivity contribution in [1.29, 1.82) is 0 Å². The van der Waals surface area contributed by atoms with E-state index in [0.717, 1.165) is 22.0 Å². The van der Waals surface area contributed by atoms with Crippen molar-refractivity contribution in [1.82, 2.24) is 9.78 Å². The number of nitrogens with zero attached hydrogens (tertiary/aromatic N) is 2. The maximum atomic E-state index is 12.1. The minimum absolute atomic E-state index is 0.117. The number of amides is 1. The van der Waals surface area contributed by atoms with E-state index in [1.807, 2.05) is 44.4 Å². The zero-order chi connectivity index (χ0) is 14.7. The first-order chi connectivity index (χ1) is 9.52. The molecular formula is C14H16ClN3OS. The number of nitrogens with one attached hydrogen (secondary N) is 1. The Morgan fingerprint density at radius 2 is 2.10 bits per heavy atom. The third-order valence-corrected chi connectivity index (χ3v) is 4.31. The summed E-state index contributed by atoms with van der Waals surface area (Å²) < 4.78 is 1.62. The van der Waals surface area contributed by atoms with E-state index in [-0.39, 0.29) is 12.5 Å². The lowest BCUT2D eigenvalue weighted by Crippen LogP contribution is -2.20. The summed E-state index contributed by atoms with van der Waals surface area (Å²) in [5.41, 5.74) is 2.36. The number of hydrogen-bond acceptors (Lipinski definition) is 3. The zero-order valence-electron chi connectivity index (χ0n) is 11.6. The Morgan fingerprint density at radius 3 is 2.70 bits per heavy atom. The van der Waals surface area contributed by atoms with Crippen LogP contribution in [0, 0.1) is 13.8 Å². The molecule has 0 aliphatic rings. The van der Waals surface area contributed by atoms with Crippen LogP contribution in [0.1, 0.15) is 11.4 Å². The van der Waals surface area contributed by atoms with Gasteiger partial charge in [-0.3, -0.25) is 9.48 Å². The monoisotopic (exact) mass is 309 g/mol. The second-order valence-corrected chi connectivity index (χ2v) is 5.62. The largest absolute Gasteiger partial charge is 0.323 e. The normalized spacial score (nSPS) is 10.6. The van der Waals surface area contributed by atoms with E-state index in [0.29, 0.717) is 5.02 Å². The minimum Gasteiger partial charge on any atom is -0.323 e. The number of thioether (sulfide) groups is 1. The van der Waals surface area contributed by atoms with Gasteiger partial charge in [0.05, 0.1) is 22.1 Å². The molecule has 106 valence electrons. The predicted octanol–water partition coefficient (Wildman–Crippen LogP) is 3.51. The van der Waals surface area contributed by atoms with Gasteiger partial charge in [0.15, 0.2) is 0 Å². The summed E-state index contributed by atoms with van der Waals surface area (Å²) in [6, 6.07) is 7.70. The van der Waals surface area contributed by atoms with Gasteiger partial charge in [-0.2, -0.15) is 5.10 Å². The quantitative estimate of drug-likeness (QED) is 0.879. The molecule has 0 aliphatic heterocycles. The van der Waals surface area contributed by atoms with Crippen LogP contribution in [0.4, 0.5) is 5.69 Å². The van der Waals surface area contributed by atoms with Crippen molar-refractivity contribution in [2.24, 2.45) is 0 Å². The smallest absolute Gasteiger partial charge is 0.246 e. The molecule has 1 amide bonds. The molecule has 1 heterocycles. The molecule has 1 N–H and O–H groups in total. The molecule has 0 fully saturated rings. The molecular weight excluding hydrogens is 294 g/mol. The highest BCUT2D eigenvalue weighted by atomic mass is 35.5. The van der Waals surface area contributed by atoms with Gasteiger partial charge in [-0.15, -0.1) is 11.8 Å². The third kappa shape index (κ3) is 3.16. The number of carbonyl (C=O) groups is 1. The fraction of sp³-hybridized carbons (Fsp3) is 0.286. The van der Waals surface area contributed by atoms with Crippen LogP contribution in [0.15, 0.2) is 29.2 Å². The Hall–Kier alpha value is -1.46. The van der Waals surface area contributed by atoms with Crippen molar-refractivity contribution in [3.05, 3.63) is 40.7 Å². The Labute approximate surface area is 127 Å². The van der Waals surface area contributed by atoms with Gasteiger partial charge in [-0.1, -0.05) is 23.7 Å². The van der Waals surface area contributed by atoms with Gasteiger partial charge >= 0.3 is 0 Å². The van der Waals surface area contributed by atoms with Crippen LogP contribution < -0.4 is 5.32 Å². The highest BCUT2D eigenvalue weighted by molar-refractivity contribution is 7.98. The molecule has 20 heavy (non-hydrogen) atoms. The van der Waals surface area contributed by atoms with Gasteiger partial charge in [-0.05, 0) is 32.2 Å². The van der Waals surface area contributed by atoms with Gasteiger partial charge < -0.3 is 5.32 Å². The van der Waals surface area contributed by atoms with Crippen molar-refractivity contribution in [2.45, 2.75) is 25.3 Å². The number of carbonyl (C=O) groups excluding carboxylic acids is 1. The standard InChI is InChI=1S/C14H16ClN3OS/c1-9-14(15)10(2)18(17-9)8-13(19)16-11-6-4-5-7-12(11)20-3/h4-7H,8H2,1-3H3,(H,16,19). The summed E-state index contributed by atoms with van der Waals surface area (Å²) in [7, 11) is 0. The number of aryl methyl sites for hydroxylation is 1. The molecule has 2 rings (SSSR count). The van der Waals surface area contributed by atoms with Crippen LogP contribution in [0.2, 0.25) is 5.02 Å². The van der Waals surface area contributed by atoms with E-state index in [4.69, 9.17) is 11.6 Å². The number of aromatic nitrogens is 2. The van der Waals surface area contributed by atoms with Gasteiger partial charge in [0.1, 0.15) is 6.54 Å². The lowest BCUT2D eigenvalue weighted by molar-refractivity contribution is -0.116. The highest BCUT2D eigenvalue weighted by Gasteiger charge is 2.13. The summed E-state index contributed by atoms with van der Waals surface area (Å²) in [6.07, 6.45) is 1.98. The SMILES string of the molecule is CSc1ccccc1NC(=O)Cn1nc(C)c(Cl)c1C. The van der Waals surface area contributed by atoms with Crippen LogP contribution in [-0.2, 0) is 11.3 Å². The molecule has 0 bridgehead atoms. The van der Waals surface area contributed by atoms with E-state index in [2.05, 4.69) is 10.4 Å². The van der Waals surface area contributed by atoms with E-state index < -0.39 is 0 Å². The summed E-state index contributed by atoms with van der Waals surface area (Å²) >= 11 is 7.67. The maximum Gasteiger partial charge on any atom is 0.246 e. The highest BCUT2D eigenvalue weighted by Crippen LogP contribution is 2.24. The van der Waals surface area contributed by atoms with Crippen LogP contribution in [0.25, 0.3) is 0 Å². The molecule has 0 spiro atoms. The second-order valence-electron chi connectivity index (χ2n) is 4.39. The van der Waals surface area contributed by atoms with Crippen molar-refractivity contribution >= 4 is 35.0 Å². The van der Waals surface area contributed by atoms with Crippen LogP contribution in [-0.4, -0.2) is 21.9 Å². The van der Waals surface area contributed by atoms with Crippen LogP contribution in [0.5, 0.6) is 0 Å². The van der Waals surface area contributed by atoms with E-state index in [9.17, 15) is 4.79 Å². The maximum absolute atomic E-state index is 12.1. The van der Waals surface area contributed by atoms with Crippen molar-refractivity contribution in [2.75, 3.05) is 11.6 Å². The van der Waals surface area contributed by atoms with Crippen molar-refractivity contribution in [3.8, 4) is 0 Å². The second kappa shape index (κ2) is 6.33. The average molecular weight is 310 g/mol. The first-order valence-corrected chi connectivity index (χ1v) is 7.75. The van der Waals surface area contributed by atoms with Gasteiger partial charge in [0.25, 0.3) is 0 Å². The third-order valence-electron chi connectivity index (χ3n) is 2.97. The number of para-hydroxylation sites is 1. The van der Waals surface area contributed by atoms with Gasteiger partial charge in [0.2, 0.25) is 5.91 Å². The summed E-state index contributed by atoms with van der Waals surface area (Å²) in [5.74, 6) is -0.117. The molecule has 0 saturated carbocycles. The van der Waals surface area contributed by atoms with E-state index >= 15 is 0 Å². The minimum atomic E-state index is -0.117. The van der Waals surface area contributed by atoms with Gasteiger partial charge in [-0.25, -0.2) is 0 Å². The Morgan fingerprint density at radius 1 is 1.40 bits per heavy atom. The number of halogens is 1. The predicted molar refractivity (Wildman–Crippen MR) is 83.6 cm³/mol. The first-order valence-electron chi connectivity index (χ1n) is 6.15. The average Bonchev–Trinajstić information content (AvgIpc) is 2.67. The first kappa shape index (κ1) is 14.9. The zero-order valence-corrected chi connectivity index (χ0v) is 13.2. The Balaban J connectivity index is 2.11. The van der Waals surface area contributed by atoms with Crippen LogP contribution >= 0.6 is 23.4 Å². The molecule has 0 aliphatic carbocycles. The molecule has 0 unspecified atom stereocenters. The van der Waals surface area contributed by atoms with Crippen molar-refractivity contribution in [3.63, 3.8) is 0 Å². The Bertz CT molecular complexity index is 639. The van der Waals surface area contributed by atoms with Gasteiger partial charge in [0, 0.05) is 4.90 Å². The Kier molecular flexibility index (Phi) is 4.73. The number of benzene rings is 1. The fourth-order valence-corrected chi connectivity index (χ4v) is 2.59. The molecule has 1 aromatic carbocycles. The molecule has 2 aromatic rings. The molecule has 6 heteroatoms. The van der Waals surface area contributed by atoms with E-state index in [1.165, 1.54) is 0 Å². The summed E-state index contributed by atoms with van der Waals surface area (Å²) in [5, 5.41) is 7.77.